The zero-order chi connectivity index (χ0) is 18.0. The van der Waals surface area contributed by atoms with Crippen LogP contribution in [0, 0.1) is 11.6 Å². The highest BCUT2D eigenvalue weighted by Gasteiger charge is 2.31. The van der Waals surface area contributed by atoms with Gasteiger partial charge in [0.2, 0.25) is 0 Å². The highest BCUT2D eigenvalue weighted by atomic mass is 32.2. The van der Waals surface area contributed by atoms with Gasteiger partial charge in [-0.05, 0) is 31.0 Å². The van der Waals surface area contributed by atoms with Crippen LogP contribution in [0.2, 0.25) is 0 Å². The molecular formula is C17H16F2N4OS. The summed E-state index contributed by atoms with van der Waals surface area (Å²) in [4.78, 5) is 24.7. The summed E-state index contributed by atoms with van der Waals surface area (Å²) in [5.74, 6) is -1.48. The smallest absolute Gasteiger partial charge is 0.188 e. The van der Waals surface area contributed by atoms with Crippen molar-refractivity contribution in [3.63, 3.8) is 0 Å². The van der Waals surface area contributed by atoms with Crippen molar-refractivity contribution in [2.24, 2.45) is 10.7 Å². The van der Waals surface area contributed by atoms with Crippen molar-refractivity contribution in [1.29, 1.82) is 0 Å². The minimum Gasteiger partial charge on any atom is -0.379 e. The van der Waals surface area contributed by atoms with Gasteiger partial charge in [-0.3, -0.25) is 9.78 Å². The number of aliphatic imine (C=N–C) groups is 1. The lowest BCUT2D eigenvalue weighted by atomic mass is 9.92. The van der Waals surface area contributed by atoms with E-state index in [0.717, 1.165) is 18.4 Å². The molecule has 0 fully saturated rings. The van der Waals surface area contributed by atoms with Gasteiger partial charge in [-0.2, -0.15) is 0 Å². The average Bonchev–Trinajstić information content (AvgIpc) is 2.54. The molecule has 5 nitrogen and oxygen atoms in total. The molecule has 2 aromatic rings. The van der Waals surface area contributed by atoms with Crippen molar-refractivity contribution in [3.8, 4) is 0 Å². The maximum atomic E-state index is 13.7. The molecule has 0 saturated carbocycles. The molecule has 0 radical (unpaired) electrons. The molecule has 25 heavy (non-hydrogen) atoms. The van der Waals surface area contributed by atoms with Crippen molar-refractivity contribution in [1.82, 2.24) is 9.97 Å². The first-order valence-corrected chi connectivity index (χ1v) is 8.64. The molecule has 8 heteroatoms. The number of Topliss-reactive ketones (excluding diaryl/α,β-unsaturated/α-hetero) is 1. The molecule has 0 saturated heterocycles. The normalized spacial score (nSPS) is 20.2. The van der Waals surface area contributed by atoms with Crippen LogP contribution in [0.3, 0.4) is 0 Å². The summed E-state index contributed by atoms with van der Waals surface area (Å²) < 4.78 is 26.6. The third-order valence-corrected chi connectivity index (χ3v) is 4.80. The number of thioether (sulfide) groups is 1. The zero-order valence-corrected chi connectivity index (χ0v) is 14.3. The molecule has 1 aliphatic heterocycles. The Morgan fingerprint density at radius 2 is 2.16 bits per heavy atom. The third kappa shape index (κ3) is 3.84. The van der Waals surface area contributed by atoms with Crippen LogP contribution in [0.4, 0.5) is 8.78 Å². The van der Waals surface area contributed by atoms with Gasteiger partial charge in [0.25, 0.3) is 0 Å². The number of hydrogen-bond donors (Lipinski definition) is 1. The number of aromatic nitrogens is 2. The van der Waals surface area contributed by atoms with Crippen molar-refractivity contribution < 1.29 is 13.6 Å². The van der Waals surface area contributed by atoms with Crippen molar-refractivity contribution in [3.05, 3.63) is 59.2 Å². The van der Waals surface area contributed by atoms with E-state index in [-0.39, 0.29) is 12.1 Å². The second kappa shape index (κ2) is 6.87. The molecule has 1 atom stereocenters. The predicted octanol–water partition coefficient (Wildman–Crippen LogP) is 2.85. The van der Waals surface area contributed by atoms with E-state index in [0.29, 0.717) is 22.5 Å². The Morgan fingerprint density at radius 3 is 2.88 bits per heavy atom. The fourth-order valence-corrected chi connectivity index (χ4v) is 3.61. The minimum absolute atomic E-state index is 0.0604. The van der Waals surface area contributed by atoms with Gasteiger partial charge in [-0.15, -0.1) is 0 Å². The maximum absolute atomic E-state index is 13.7. The van der Waals surface area contributed by atoms with Gasteiger partial charge >= 0.3 is 0 Å². The lowest BCUT2D eigenvalue weighted by Gasteiger charge is -2.28. The number of halogens is 2. The average molecular weight is 362 g/mol. The van der Waals surface area contributed by atoms with Gasteiger partial charge in [0, 0.05) is 24.4 Å². The van der Waals surface area contributed by atoms with Crippen LogP contribution in [0.5, 0.6) is 0 Å². The molecular weight excluding hydrogens is 346 g/mol. The molecule has 0 aliphatic carbocycles. The predicted molar refractivity (Wildman–Crippen MR) is 92.5 cm³/mol. The zero-order valence-electron chi connectivity index (χ0n) is 13.5. The molecule has 3 heterocycles. The molecule has 3 rings (SSSR count). The van der Waals surface area contributed by atoms with Gasteiger partial charge in [0.05, 0.1) is 11.9 Å². The van der Waals surface area contributed by atoms with E-state index < -0.39 is 23.0 Å². The van der Waals surface area contributed by atoms with Crippen molar-refractivity contribution >= 4 is 22.7 Å². The molecule has 1 aliphatic rings. The molecule has 0 unspecified atom stereocenters. The summed E-state index contributed by atoms with van der Waals surface area (Å²) in [5, 5.41) is 0.509. The molecule has 0 amide bonds. The Balaban J connectivity index is 1.85. The van der Waals surface area contributed by atoms with Crippen LogP contribution in [-0.4, -0.2) is 26.7 Å². The first kappa shape index (κ1) is 17.5. The van der Waals surface area contributed by atoms with Gasteiger partial charge in [0.1, 0.15) is 17.1 Å². The number of pyridine rings is 2. The number of rotatable bonds is 4. The summed E-state index contributed by atoms with van der Waals surface area (Å²) in [6, 6.07) is 4.10. The maximum Gasteiger partial charge on any atom is 0.188 e. The van der Waals surface area contributed by atoms with Gasteiger partial charge in [0.15, 0.2) is 16.8 Å². The van der Waals surface area contributed by atoms with E-state index >= 15 is 0 Å². The number of hydrogen-bond acceptors (Lipinski definition) is 6. The van der Waals surface area contributed by atoms with Gasteiger partial charge < -0.3 is 5.73 Å². The molecule has 2 aromatic heterocycles. The van der Waals surface area contributed by atoms with Crippen LogP contribution in [0.1, 0.15) is 35.1 Å². The SMILES string of the molecule is C[C@@]1(c2cc(CC(=O)c3ncc(F)cc3F)ccn2)CCSC(N)=N1. The Morgan fingerprint density at radius 1 is 1.36 bits per heavy atom. The Bertz CT molecular complexity index is 858. The summed E-state index contributed by atoms with van der Waals surface area (Å²) in [6.07, 6.45) is 3.13. The summed E-state index contributed by atoms with van der Waals surface area (Å²) in [6.45, 7) is 1.94. The lowest BCUT2D eigenvalue weighted by Crippen LogP contribution is -2.29. The highest BCUT2D eigenvalue weighted by Crippen LogP contribution is 2.34. The minimum atomic E-state index is -0.965. The fraction of sp³-hybridized carbons (Fsp3) is 0.294. The first-order chi connectivity index (χ1) is 11.9. The van der Waals surface area contributed by atoms with Crippen LogP contribution in [0.25, 0.3) is 0 Å². The van der Waals surface area contributed by atoms with E-state index in [9.17, 15) is 13.6 Å². The molecule has 2 N–H and O–H groups in total. The van der Waals surface area contributed by atoms with E-state index in [1.54, 1.807) is 18.3 Å². The highest BCUT2D eigenvalue weighted by molar-refractivity contribution is 8.13. The standard InChI is InChI=1S/C17H16F2N4OS/c1-17(3-5-25-16(20)23-17)14-7-10(2-4-21-14)6-13(24)15-12(19)8-11(18)9-22-15/h2,4,7-9H,3,5-6H2,1H3,(H2,20,23)/t17-/m0/s1. The summed E-state index contributed by atoms with van der Waals surface area (Å²) >= 11 is 1.50. The fourth-order valence-electron chi connectivity index (χ4n) is 2.64. The number of nitrogens with two attached hydrogens (primary N) is 1. The number of ketones is 1. The summed E-state index contributed by atoms with van der Waals surface area (Å²) in [5.41, 5.74) is 6.26. The third-order valence-electron chi connectivity index (χ3n) is 4.01. The van der Waals surface area contributed by atoms with Gasteiger partial charge in [-0.1, -0.05) is 11.8 Å². The molecule has 0 bridgehead atoms. The van der Waals surface area contributed by atoms with Crippen molar-refractivity contribution in [2.45, 2.75) is 25.3 Å². The Labute approximate surface area is 147 Å². The summed E-state index contributed by atoms with van der Waals surface area (Å²) in [7, 11) is 0. The topological polar surface area (TPSA) is 81.2 Å². The quantitative estimate of drug-likeness (QED) is 0.846. The number of carbonyl (C=O) groups is 1. The monoisotopic (exact) mass is 362 g/mol. The number of nitrogens with zero attached hydrogens (tertiary/aromatic N) is 3. The van der Waals surface area contributed by atoms with Crippen LogP contribution >= 0.6 is 11.8 Å². The van der Waals surface area contributed by atoms with E-state index in [1.807, 2.05) is 6.92 Å². The van der Waals surface area contributed by atoms with E-state index in [1.165, 1.54) is 11.8 Å². The number of carbonyl (C=O) groups excluding carboxylic acids is 1. The van der Waals surface area contributed by atoms with Crippen LogP contribution in [-0.2, 0) is 12.0 Å². The van der Waals surface area contributed by atoms with Crippen LogP contribution < -0.4 is 5.73 Å². The largest absolute Gasteiger partial charge is 0.379 e. The first-order valence-electron chi connectivity index (χ1n) is 7.65. The second-order valence-electron chi connectivity index (χ2n) is 5.96. The van der Waals surface area contributed by atoms with Gasteiger partial charge in [-0.25, -0.2) is 18.8 Å². The van der Waals surface area contributed by atoms with Crippen molar-refractivity contribution in [2.75, 3.05) is 5.75 Å². The lowest BCUT2D eigenvalue weighted by molar-refractivity contribution is 0.0983. The number of amidine groups is 1. The molecule has 0 aromatic carbocycles. The Kier molecular flexibility index (Phi) is 4.80. The van der Waals surface area contributed by atoms with E-state index in [4.69, 9.17) is 5.73 Å². The van der Waals surface area contributed by atoms with E-state index in [2.05, 4.69) is 15.0 Å². The van der Waals surface area contributed by atoms with Crippen LogP contribution in [0.15, 0.2) is 35.6 Å². The molecule has 0 spiro atoms. The second-order valence-corrected chi connectivity index (χ2v) is 7.07. The Hall–Kier alpha value is -2.35. The molecule has 130 valence electrons.